The molecule has 1 spiro atoms. The van der Waals surface area contributed by atoms with E-state index in [0.29, 0.717) is 29.7 Å². The zero-order valence-electron chi connectivity index (χ0n) is 22.4. The fraction of sp³-hybridized carbons (Fsp3) is 0.312. The number of amides is 1. The van der Waals surface area contributed by atoms with Crippen molar-refractivity contribution in [1.29, 1.82) is 5.26 Å². The number of rotatable bonds is 7. The Morgan fingerprint density at radius 3 is 2.52 bits per heavy atom. The molecule has 202 valence electrons. The van der Waals surface area contributed by atoms with E-state index in [1.54, 1.807) is 19.4 Å². The summed E-state index contributed by atoms with van der Waals surface area (Å²) in [4.78, 5) is 24.6. The third kappa shape index (κ3) is 4.47. The molecule has 1 unspecified atom stereocenters. The van der Waals surface area contributed by atoms with Crippen molar-refractivity contribution in [3.05, 3.63) is 83.6 Å². The predicted molar refractivity (Wildman–Crippen MR) is 150 cm³/mol. The number of nitriles is 1. The quantitative estimate of drug-likeness (QED) is 0.320. The smallest absolute Gasteiger partial charge is 0.306 e. The molecule has 0 aliphatic heterocycles. The van der Waals surface area contributed by atoms with Crippen LogP contribution in [-0.4, -0.2) is 39.9 Å². The van der Waals surface area contributed by atoms with E-state index in [1.807, 2.05) is 59.3 Å². The van der Waals surface area contributed by atoms with Crippen LogP contribution in [0.15, 0.2) is 66.9 Å². The molecule has 4 aromatic rings. The number of fused-ring (bicyclic) bond motifs is 1. The first-order valence-corrected chi connectivity index (χ1v) is 13.5. The Morgan fingerprint density at radius 2 is 1.85 bits per heavy atom. The van der Waals surface area contributed by atoms with E-state index >= 15 is 0 Å². The number of hydrogen-bond donors (Lipinski definition) is 2. The number of aromatic nitrogens is 2. The predicted octanol–water partition coefficient (Wildman–Crippen LogP) is 5.57. The monoisotopic (exact) mass is 534 g/mol. The van der Waals surface area contributed by atoms with Gasteiger partial charge in [-0.05, 0) is 79.0 Å². The summed E-state index contributed by atoms with van der Waals surface area (Å²) in [6.45, 7) is 2.06. The molecule has 3 aromatic carbocycles. The second kappa shape index (κ2) is 9.83. The Bertz CT molecular complexity index is 1650. The average molecular weight is 535 g/mol. The van der Waals surface area contributed by atoms with E-state index in [9.17, 15) is 20.0 Å². The van der Waals surface area contributed by atoms with E-state index in [4.69, 9.17) is 4.74 Å². The highest BCUT2D eigenvalue weighted by atomic mass is 16.5. The number of para-hydroxylation sites is 1. The zero-order valence-corrected chi connectivity index (χ0v) is 22.4. The average Bonchev–Trinajstić information content (AvgIpc) is 3.37. The lowest BCUT2D eigenvalue weighted by Gasteiger charge is -2.56. The van der Waals surface area contributed by atoms with Gasteiger partial charge in [0.25, 0.3) is 5.91 Å². The minimum absolute atomic E-state index is 0.0667. The molecule has 40 heavy (non-hydrogen) atoms. The molecule has 0 radical (unpaired) electrons. The standard InChI is InChI=1S/C32H30N4O4/c1-19(21-6-8-22(9-7-21)24-10-20(17-33)11-27(12-24)40-2)36-29-23(18-34-36)4-3-5-28(29)30(37)35-26-15-32(16-26)13-25(14-32)31(38)39/h3-12,18-19,25-26H,13-16H2,1-2H3,(H,35,37)(H,38,39). The van der Waals surface area contributed by atoms with Crippen molar-refractivity contribution in [1.82, 2.24) is 15.1 Å². The molecule has 8 nitrogen and oxygen atoms in total. The number of aliphatic carboxylic acids is 1. The van der Waals surface area contributed by atoms with Crippen LogP contribution in [0.25, 0.3) is 22.0 Å². The number of carboxylic acid groups (broad SMARTS) is 1. The van der Waals surface area contributed by atoms with Gasteiger partial charge in [-0.25, -0.2) is 0 Å². The first kappa shape index (κ1) is 25.6. The molecule has 1 atom stereocenters. The zero-order chi connectivity index (χ0) is 28.0. The SMILES string of the molecule is COc1cc(C#N)cc(-c2ccc(C(C)n3ncc4cccc(C(=O)NC5CC6(C5)CC(C(=O)O)C6)c43)cc2)c1. The van der Waals surface area contributed by atoms with Crippen LogP contribution in [0.3, 0.4) is 0 Å². The second-order valence-corrected chi connectivity index (χ2v) is 11.2. The Morgan fingerprint density at radius 1 is 1.10 bits per heavy atom. The number of carbonyl (C=O) groups excluding carboxylic acids is 1. The second-order valence-electron chi connectivity index (χ2n) is 11.2. The van der Waals surface area contributed by atoms with E-state index in [1.165, 1.54) is 0 Å². The third-order valence-electron chi connectivity index (χ3n) is 8.63. The van der Waals surface area contributed by atoms with Gasteiger partial charge in [0.05, 0.1) is 48.0 Å². The maximum atomic E-state index is 13.4. The minimum Gasteiger partial charge on any atom is -0.497 e. The van der Waals surface area contributed by atoms with Gasteiger partial charge < -0.3 is 15.2 Å². The van der Waals surface area contributed by atoms with Crippen molar-refractivity contribution in [2.75, 3.05) is 7.11 Å². The maximum Gasteiger partial charge on any atom is 0.306 e. The summed E-state index contributed by atoms with van der Waals surface area (Å²) in [5.41, 5.74) is 4.90. The summed E-state index contributed by atoms with van der Waals surface area (Å²) < 4.78 is 7.24. The molecule has 6 rings (SSSR count). The van der Waals surface area contributed by atoms with E-state index < -0.39 is 5.97 Å². The molecule has 2 N–H and O–H groups in total. The fourth-order valence-corrected chi connectivity index (χ4v) is 6.47. The summed E-state index contributed by atoms with van der Waals surface area (Å²) in [5, 5.41) is 27.3. The van der Waals surface area contributed by atoms with Gasteiger partial charge in [0.15, 0.2) is 0 Å². The van der Waals surface area contributed by atoms with Crippen molar-refractivity contribution in [3.63, 3.8) is 0 Å². The van der Waals surface area contributed by atoms with Crippen LogP contribution in [0.2, 0.25) is 0 Å². The van der Waals surface area contributed by atoms with Crippen LogP contribution in [0.5, 0.6) is 5.75 Å². The van der Waals surface area contributed by atoms with Crippen molar-refractivity contribution in [3.8, 4) is 22.9 Å². The summed E-state index contributed by atoms with van der Waals surface area (Å²) in [7, 11) is 1.58. The van der Waals surface area contributed by atoms with Crippen molar-refractivity contribution in [2.24, 2.45) is 11.3 Å². The molecule has 2 saturated carbocycles. The summed E-state index contributed by atoms with van der Waals surface area (Å²) in [5.74, 6) is -0.444. The normalized spacial score (nSPS) is 22.1. The molecule has 2 fully saturated rings. The highest BCUT2D eigenvalue weighted by molar-refractivity contribution is 6.05. The van der Waals surface area contributed by atoms with Crippen LogP contribution in [0.4, 0.5) is 0 Å². The Balaban J connectivity index is 1.21. The molecule has 1 aromatic heterocycles. The number of benzene rings is 3. The van der Waals surface area contributed by atoms with Gasteiger partial charge >= 0.3 is 5.97 Å². The third-order valence-corrected chi connectivity index (χ3v) is 8.63. The number of nitrogens with zero attached hydrogens (tertiary/aromatic N) is 3. The van der Waals surface area contributed by atoms with Gasteiger partial charge in [0.1, 0.15) is 5.75 Å². The fourth-order valence-electron chi connectivity index (χ4n) is 6.47. The van der Waals surface area contributed by atoms with Gasteiger partial charge in [-0.15, -0.1) is 0 Å². The lowest BCUT2D eigenvalue weighted by molar-refractivity contribution is -0.155. The first-order valence-electron chi connectivity index (χ1n) is 13.5. The number of carbonyl (C=O) groups is 2. The Kier molecular flexibility index (Phi) is 6.30. The van der Waals surface area contributed by atoms with Crippen LogP contribution >= 0.6 is 0 Å². The molecule has 0 bridgehead atoms. The Hall–Kier alpha value is -4.64. The summed E-state index contributed by atoms with van der Waals surface area (Å²) in [6.07, 6.45) is 4.89. The molecule has 2 aliphatic rings. The largest absolute Gasteiger partial charge is 0.497 e. The number of carboxylic acids is 1. The summed E-state index contributed by atoms with van der Waals surface area (Å²) >= 11 is 0. The van der Waals surface area contributed by atoms with Gasteiger partial charge in [-0.1, -0.05) is 36.4 Å². The molecular formula is C32H30N4O4. The highest BCUT2D eigenvalue weighted by Gasteiger charge is 2.55. The van der Waals surface area contributed by atoms with Crippen LogP contribution in [0.1, 0.15) is 60.1 Å². The highest BCUT2D eigenvalue weighted by Crippen LogP contribution is 2.58. The Labute approximate surface area is 232 Å². The summed E-state index contributed by atoms with van der Waals surface area (Å²) in [6, 6.07) is 21.4. The van der Waals surface area contributed by atoms with Crippen LogP contribution < -0.4 is 10.1 Å². The number of methoxy groups -OCH3 is 1. The molecular weight excluding hydrogens is 504 g/mol. The first-order chi connectivity index (χ1) is 19.3. The minimum atomic E-state index is -0.713. The molecule has 1 amide bonds. The molecule has 1 heterocycles. The van der Waals surface area contributed by atoms with E-state index in [2.05, 4.69) is 23.4 Å². The lowest BCUT2D eigenvalue weighted by Crippen LogP contribution is -2.57. The lowest BCUT2D eigenvalue weighted by atomic mass is 9.50. The topological polar surface area (TPSA) is 117 Å². The van der Waals surface area contributed by atoms with Crippen LogP contribution in [-0.2, 0) is 4.79 Å². The van der Waals surface area contributed by atoms with Crippen molar-refractivity contribution in [2.45, 2.75) is 44.7 Å². The van der Waals surface area contributed by atoms with E-state index in [0.717, 1.165) is 40.4 Å². The molecule has 8 heteroatoms. The van der Waals surface area contributed by atoms with Gasteiger partial charge in [-0.2, -0.15) is 10.4 Å². The number of hydrogen-bond acceptors (Lipinski definition) is 5. The molecule has 2 aliphatic carbocycles. The number of nitrogens with one attached hydrogen (secondary N) is 1. The van der Waals surface area contributed by atoms with E-state index in [-0.39, 0.29) is 29.3 Å². The van der Waals surface area contributed by atoms with Gasteiger partial charge in [0, 0.05) is 11.4 Å². The van der Waals surface area contributed by atoms with Gasteiger partial charge in [-0.3, -0.25) is 14.3 Å². The maximum absolute atomic E-state index is 13.4. The van der Waals surface area contributed by atoms with Crippen LogP contribution in [0, 0.1) is 22.7 Å². The van der Waals surface area contributed by atoms with Crippen molar-refractivity contribution >= 4 is 22.8 Å². The number of ether oxygens (including phenoxy) is 1. The molecule has 0 saturated heterocycles. The van der Waals surface area contributed by atoms with Gasteiger partial charge in [0.2, 0.25) is 0 Å². The van der Waals surface area contributed by atoms with Crippen molar-refractivity contribution < 1.29 is 19.4 Å².